The highest BCUT2D eigenvalue weighted by Gasteiger charge is 2.40. The quantitative estimate of drug-likeness (QED) is 0.185. The van der Waals surface area contributed by atoms with Crippen molar-refractivity contribution in [2.24, 2.45) is 5.92 Å². The smallest absolute Gasteiger partial charge is 0.334 e. The van der Waals surface area contributed by atoms with Crippen LogP contribution in [0.2, 0.25) is 19.6 Å². The predicted octanol–water partition coefficient (Wildman–Crippen LogP) is 4.76. The summed E-state index contributed by atoms with van der Waals surface area (Å²) in [6.07, 6.45) is 1.94. The van der Waals surface area contributed by atoms with Crippen molar-refractivity contribution >= 4 is 36.6 Å². The van der Waals surface area contributed by atoms with Gasteiger partial charge in [-0.25, -0.2) is 4.79 Å². The number of ether oxygens (including phenoxy) is 2. The van der Waals surface area contributed by atoms with Gasteiger partial charge in [-0.15, -0.1) is 0 Å². The maximum absolute atomic E-state index is 12.3. The van der Waals surface area contributed by atoms with Crippen LogP contribution in [-0.2, 0) is 20.9 Å². The van der Waals surface area contributed by atoms with E-state index >= 15 is 0 Å². The molecule has 1 saturated heterocycles. The molecule has 2 atom stereocenters. The Labute approximate surface area is 160 Å². The number of cyclic esters (lactones) is 1. The summed E-state index contributed by atoms with van der Waals surface area (Å²) in [5, 5.41) is 0. The van der Waals surface area contributed by atoms with Crippen LogP contribution in [0, 0.1) is 5.92 Å². The van der Waals surface area contributed by atoms with Crippen LogP contribution in [0.1, 0.15) is 18.4 Å². The van der Waals surface area contributed by atoms with Gasteiger partial charge in [0.25, 0.3) is 0 Å². The minimum absolute atomic E-state index is 0.135. The fourth-order valence-electron chi connectivity index (χ4n) is 2.93. The zero-order valence-corrected chi connectivity index (χ0v) is 17.9. The van der Waals surface area contributed by atoms with Crippen molar-refractivity contribution in [3.05, 3.63) is 47.2 Å². The molecule has 0 spiro atoms. The van der Waals surface area contributed by atoms with E-state index in [0.717, 1.165) is 28.4 Å². The minimum Gasteiger partial charge on any atom is -0.456 e. The van der Waals surface area contributed by atoms with Crippen LogP contribution in [0.15, 0.2) is 41.6 Å². The van der Waals surface area contributed by atoms with E-state index in [4.69, 9.17) is 9.47 Å². The average Bonchev–Trinajstić information content (AvgIpc) is 2.80. The molecule has 0 amide bonds. The van der Waals surface area contributed by atoms with Crippen LogP contribution < -0.4 is 0 Å². The fourth-order valence-corrected chi connectivity index (χ4v) is 4.63. The van der Waals surface area contributed by atoms with E-state index in [-0.39, 0.29) is 18.0 Å². The van der Waals surface area contributed by atoms with Crippen molar-refractivity contribution in [1.29, 1.82) is 0 Å². The Morgan fingerprint density at radius 3 is 2.58 bits per heavy atom. The van der Waals surface area contributed by atoms with Crippen molar-refractivity contribution in [2.45, 2.75) is 45.2 Å². The highest BCUT2D eigenvalue weighted by Crippen LogP contribution is 2.33. The largest absolute Gasteiger partial charge is 0.456 e. The lowest BCUT2D eigenvalue weighted by Crippen LogP contribution is -2.25. The van der Waals surface area contributed by atoms with Crippen LogP contribution in [0.25, 0.3) is 0 Å². The molecule has 1 aliphatic heterocycles. The Balaban J connectivity index is 2.01. The molecule has 132 valence electrons. The minimum atomic E-state index is -1.46. The second kappa shape index (κ2) is 9.15. The Hall–Kier alpha value is -0.663. The van der Waals surface area contributed by atoms with Gasteiger partial charge in [-0.3, -0.25) is 0 Å². The number of hydrogen-bond acceptors (Lipinski definition) is 3. The fraction of sp³-hybridized carbons (Fsp3) is 0.526. The highest BCUT2D eigenvalue weighted by molar-refractivity contribution is 14.1. The van der Waals surface area contributed by atoms with Gasteiger partial charge in [0, 0.05) is 11.5 Å². The third-order valence-corrected chi connectivity index (χ3v) is 5.91. The number of carbonyl (C=O) groups excluding carboxylic acids is 1. The predicted molar refractivity (Wildman–Crippen MR) is 109 cm³/mol. The molecule has 0 bridgehead atoms. The van der Waals surface area contributed by atoms with Gasteiger partial charge < -0.3 is 9.47 Å². The molecular weight excluding hydrogens is 431 g/mol. The molecule has 5 heteroatoms. The van der Waals surface area contributed by atoms with Gasteiger partial charge in [0.15, 0.2) is 0 Å². The van der Waals surface area contributed by atoms with Crippen LogP contribution >= 0.6 is 22.6 Å². The molecule has 0 unspecified atom stereocenters. The van der Waals surface area contributed by atoms with Crippen LogP contribution in [0.3, 0.4) is 0 Å². The molecule has 1 fully saturated rings. The van der Waals surface area contributed by atoms with Crippen LogP contribution in [-0.4, -0.2) is 31.2 Å². The molecular formula is C19H27IO3Si. The van der Waals surface area contributed by atoms with Crippen molar-refractivity contribution in [3.63, 3.8) is 0 Å². The number of alkyl halides is 1. The summed E-state index contributed by atoms with van der Waals surface area (Å²) in [6, 6.07) is 10.1. The standard InChI is InChI=1S/C19H27IO3Si/c1-24(2,3)14-17-16(10-7-11-20)18(23-19(17)21)13-22-12-15-8-5-4-6-9-15/h4-6,8-9,14,16,18H,7,10-13H2,1-3H3/b17-14-/t16-,18-/m0/s1. The van der Waals surface area contributed by atoms with Crippen molar-refractivity contribution in [1.82, 2.24) is 0 Å². The first-order chi connectivity index (χ1) is 11.4. The van der Waals surface area contributed by atoms with Crippen molar-refractivity contribution in [2.75, 3.05) is 11.0 Å². The summed E-state index contributed by atoms with van der Waals surface area (Å²) in [7, 11) is -1.46. The molecule has 0 saturated carbocycles. The Kier molecular flexibility index (Phi) is 7.50. The molecule has 0 aromatic heterocycles. The topological polar surface area (TPSA) is 35.5 Å². The zero-order chi connectivity index (χ0) is 17.6. The SMILES string of the molecule is C[Si](C)(C)/C=C1\C(=O)O[C@@H](COCc2ccccc2)[C@H]1CCCI. The molecule has 0 radical (unpaired) electrons. The number of carbonyl (C=O) groups is 1. The van der Waals surface area contributed by atoms with E-state index in [1.807, 2.05) is 30.3 Å². The molecule has 2 rings (SSSR count). The monoisotopic (exact) mass is 458 g/mol. The maximum atomic E-state index is 12.3. The molecule has 1 heterocycles. The van der Waals surface area contributed by atoms with Gasteiger partial charge in [0.2, 0.25) is 0 Å². The van der Waals surface area contributed by atoms with Gasteiger partial charge in [0.1, 0.15) is 6.10 Å². The first-order valence-electron chi connectivity index (χ1n) is 8.52. The van der Waals surface area contributed by atoms with Gasteiger partial charge in [-0.1, -0.05) is 78.3 Å². The first kappa shape index (κ1) is 19.7. The van der Waals surface area contributed by atoms with E-state index in [1.165, 1.54) is 0 Å². The van der Waals surface area contributed by atoms with Crippen LogP contribution in [0.5, 0.6) is 0 Å². The normalized spacial score (nSPS) is 22.8. The molecule has 24 heavy (non-hydrogen) atoms. The van der Waals surface area contributed by atoms with Gasteiger partial charge >= 0.3 is 5.97 Å². The number of esters is 1. The zero-order valence-electron chi connectivity index (χ0n) is 14.8. The first-order valence-corrected chi connectivity index (χ1v) is 13.6. The number of hydrogen-bond donors (Lipinski definition) is 0. The van der Waals surface area contributed by atoms with Gasteiger partial charge in [-0.2, -0.15) is 0 Å². The third kappa shape index (κ3) is 6.00. The second-order valence-electron chi connectivity index (χ2n) is 7.35. The van der Waals surface area contributed by atoms with Crippen LogP contribution in [0.4, 0.5) is 0 Å². The summed E-state index contributed by atoms with van der Waals surface area (Å²) < 4.78 is 12.6. The lowest BCUT2D eigenvalue weighted by Gasteiger charge is -2.19. The molecule has 0 aliphatic carbocycles. The van der Waals surface area contributed by atoms with E-state index in [1.54, 1.807) is 0 Å². The van der Waals surface area contributed by atoms with Gasteiger partial charge in [-0.05, 0) is 22.8 Å². The van der Waals surface area contributed by atoms with Crippen molar-refractivity contribution in [3.8, 4) is 0 Å². The molecule has 1 aliphatic rings. The lowest BCUT2D eigenvalue weighted by atomic mass is 9.93. The highest BCUT2D eigenvalue weighted by atomic mass is 127. The summed E-state index contributed by atoms with van der Waals surface area (Å²) in [6.45, 7) is 7.78. The Bertz CT molecular complexity index is 566. The summed E-state index contributed by atoms with van der Waals surface area (Å²) in [5.41, 5.74) is 4.25. The van der Waals surface area contributed by atoms with Gasteiger partial charge in [0.05, 0.1) is 21.3 Å². The number of benzene rings is 1. The molecule has 1 aromatic rings. The maximum Gasteiger partial charge on any atom is 0.334 e. The third-order valence-electron chi connectivity index (χ3n) is 3.97. The number of halogens is 1. The second-order valence-corrected chi connectivity index (χ2v) is 13.4. The van der Waals surface area contributed by atoms with E-state index in [2.05, 4.69) is 47.9 Å². The molecule has 3 nitrogen and oxygen atoms in total. The lowest BCUT2D eigenvalue weighted by molar-refractivity contribution is -0.141. The average molecular weight is 458 g/mol. The van der Waals surface area contributed by atoms with Crippen molar-refractivity contribution < 1.29 is 14.3 Å². The summed E-state index contributed by atoms with van der Waals surface area (Å²) in [4.78, 5) is 12.3. The van der Waals surface area contributed by atoms with E-state index < -0.39 is 8.07 Å². The molecule has 0 N–H and O–H groups in total. The Morgan fingerprint density at radius 2 is 1.96 bits per heavy atom. The number of rotatable bonds is 8. The van der Waals surface area contributed by atoms with E-state index in [9.17, 15) is 4.79 Å². The van der Waals surface area contributed by atoms with E-state index in [0.29, 0.717) is 13.2 Å². The summed E-state index contributed by atoms with van der Waals surface area (Å²) in [5.74, 6) is 0.0407. The Morgan fingerprint density at radius 1 is 1.25 bits per heavy atom. The summed E-state index contributed by atoms with van der Waals surface area (Å²) >= 11 is 2.39. The molecule has 1 aromatic carbocycles.